The highest BCUT2D eigenvalue weighted by Crippen LogP contribution is 2.32. The minimum atomic E-state index is 0.327. The molecule has 8 nitrogen and oxygen atoms in total. The summed E-state index contributed by atoms with van der Waals surface area (Å²) in [5.41, 5.74) is 11.8. The standard InChI is InChI=1S/C24H29N7O/c1-15(13-31(3)14-26)10-19(12-25)22-16(2)20-5-4-18(11-21(20)28-22)24-30-29-23(32-24)17-6-8-27-9-7-17/h4-5,10-12,17,27-28H,6-9,13,25H2,1-3H3/b15-10-,19-12+. The SMILES string of the molecule is C/C(=C/C(=C\N)c1[nH]c2cc(-c3nnc(C4CCNCC4)o3)ccc2c1C)CN(C)C#N. The van der Waals surface area contributed by atoms with Gasteiger partial charge in [0.1, 0.15) is 0 Å². The van der Waals surface area contributed by atoms with E-state index in [-0.39, 0.29) is 0 Å². The Morgan fingerprint density at radius 2 is 2.12 bits per heavy atom. The number of fused-ring (bicyclic) bond motifs is 1. The molecule has 0 aliphatic carbocycles. The predicted molar refractivity (Wildman–Crippen MR) is 125 cm³/mol. The van der Waals surface area contributed by atoms with E-state index in [0.29, 0.717) is 18.4 Å². The van der Waals surface area contributed by atoms with E-state index in [0.717, 1.165) is 70.7 Å². The van der Waals surface area contributed by atoms with Gasteiger partial charge in [0.2, 0.25) is 11.8 Å². The molecule has 4 N–H and O–H groups in total. The maximum Gasteiger partial charge on any atom is 0.247 e. The maximum atomic E-state index is 9.01. The van der Waals surface area contributed by atoms with Crippen molar-refractivity contribution in [2.24, 2.45) is 5.73 Å². The molecule has 2 aromatic heterocycles. The second-order valence-electron chi connectivity index (χ2n) is 8.42. The van der Waals surface area contributed by atoms with E-state index in [9.17, 15) is 0 Å². The number of benzene rings is 1. The minimum Gasteiger partial charge on any atom is -0.420 e. The van der Waals surface area contributed by atoms with Crippen molar-refractivity contribution in [3.63, 3.8) is 0 Å². The molecule has 1 saturated heterocycles. The van der Waals surface area contributed by atoms with Crippen molar-refractivity contribution in [1.82, 2.24) is 25.4 Å². The van der Waals surface area contributed by atoms with E-state index in [1.807, 2.05) is 25.1 Å². The number of aryl methyl sites for hydroxylation is 1. The lowest BCUT2D eigenvalue weighted by atomic mass is 9.98. The summed E-state index contributed by atoms with van der Waals surface area (Å²) < 4.78 is 6.03. The third-order valence-electron chi connectivity index (χ3n) is 5.96. The highest BCUT2D eigenvalue weighted by Gasteiger charge is 2.22. The molecule has 4 rings (SSSR count). The van der Waals surface area contributed by atoms with Gasteiger partial charge in [0, 0.05) is 47.7 Å². The summed E-state index contributed by atoms with van der Waals surface area (Å²) in [6.45, 7) is 6.58. The first-order valence-electron chi connectivity index (χ1n) is 10.9. The number of nitrogens with zero attached hydrogens (tertiary/aromatic N) is 4. The number of aromatic amines is 1. The largest absolute Gasteiger partial charge is 0.420 e. The lowest BCUT2D eigenvalue weighted by molar-refractivity contribution is 0.378. The highest BCUT2D eigenvalue weighted by molar-refractivity contribution is 5.92. The number of hydrogen-bond donors (Lipinski definition) is 3. The average molecular weight is 432 g/mol. The number of rotatable bonds is 6. The number of likely N-dealkylation sites (N-methyl/N-ethyl adjacent to an activating group) is 1. The van der Waals surface area contributed by atoms with E-state index in [4.69, 9.17) is 15.4 Å². The average Bonchev–Trinajstić information content (AvgIpc) is 3.43. The molecule has 0 radical (unpaired) electrons. The Morgan fingerprint density at radius 1 is 1.34 bits per heavy atom. The summed E-state index contributed by atoms with van der Waals surface area (Å²) in [6, 6.07) is 6.13. The summed E-state index contributed by atoms with van der Waals surface area (Å²) in [6.07, 6.45) is 7.76. The Labute approximate surface area is 187 Å². The number of allylic oxidation sites excluding steroid dienone is 2. The van der Waals surface area contributed by atoms with Crippen molar-refractivity contribution in [2.45, 2.75) is 32.6 Å². The molecule has 1 aromatic carbocycles. The van der Waals surface area contributed by atoms with Crippen molar-refractivity contribution in [1.29, 1.82) is 5.26 Å². The molecular formula is C24H29N7O. The first-order chi connectivity index (χ1) is 15.5. The molecule has 1 fully saturated rings. The number of nitrogens with two attached hydrogens (primary N) is 1. The molecule has 3 aromatic rings. The van der Waals surface area contributed by atoms with Crippen molar-refractivity contribution in [2.75, 3.05) is 26.7 Å². The monoisotopic (exact) mass is 431 g/mol. The van der Waals surface area contributed by atoms with Gasteiger partial charge in [0.05, 0.1) is 5.69 Å². The van der Waals surface area contributed by atoms with Gasteiger partial charge in [-0.15, -0.1) is 10.2 Å². The fraction of sp³-hybridized carbons (Fsp3) is 0.375. The molecule has 0 saturated carbocycles. The fourth-order valence-electron chi connectivity index (χ4n) is 4.27. The van der Waals surface area contributed by atoms with Gasteiger partial charge < -0.3 is 25.4 Å². The molecule has 1 aliphatic heterocycles. The smallest absolute Gasteiger partial charge is 0.247 e. The molecule has 8 heteroatoms. The molecule has 0 bridgehead atoms. The van der Waals surface area contributed by atoms with E-state index in [1.165, 1.54) is 0 Å². The number of H-pyrrole nitrogens is 1. The van der Waals surface area contributed by atoms with Crippen LogP contribution in [0.15, 0.2) is 40.5 Å². The summed E-state index contributed by atoms with van der Waals surface area (Å²) in [5.74, 6) is 1.59. The number of hydrogen-bond acceptors (Lipinski definition) is 7. The topological polar surface area (TPSA) is 120 Å². The minimum absolute atomic E-state index is 0.327. The van der Waals surface area contributed by atoms with Crippen LogP contribution in [0, 0.1) is 18.4 Å². The van der Waals surface area contributed by atoms with Crippen LogP contribution in [0.25, 0.3) is 27.9 Å². The molecule has 0 unspecified atom stereocenters. The summed E-state index contributed by atoms with van der Waals surface area (Å²) in [7, 11) is 1.76. The van der Waals surface area contributed by atoms with Crippen molar-refractivity contribution in [3.05, 3.63) is 53.2 Å². The van der Waals surface area contributed by atoms with Gasteiger partial charge in [-0.2, -0.15) is 5.26 Å². The Kier molecular flexibility index (Phi) is 6.28. The number of aromatic nitrogens is 3. The van der Waals surface area contributed by atoms with Crippen LogP contribution in [0.5, 0.6) is 0 Å². The molecule has 166 valence electrons. The molecule has 32 heavy (non-hydrogen) atoms. The van der Waals surface area contributed by atoms with Crippen molar-refractivity contribution < 1.29 is 4.42 Å². The maximum absolute atomic E-state index is 9.01. The quantitative estimate of drug-likeness (QED) is 0.309. The molecule has 0 spiro atoms. The number of piperidine rings is 1. The number of nitrogens with one attached hydrogen (secondary N) is 2. The zero-order valence-corrected chi connectivity index (χ0v) is 18.8. The van der Waals surface area contributed by atoms with E-state index in [1.54, 1.807) is 18.1 Å². The van der Waals surface area contributed by atoms with Crippen LogP contribution in [-0.4, -0.2) is 46.8 Å². The predicted octanol–water partition coefficient (Wildman–Crippen LogP) is 3.65. The highest BCUT2D eigenvalue weighted by atomic mass is 16.4. The first-order valence-corrected chi connectivity index (χ1v) is 10.9. The van der Waals surface area contributed by atoms with Crippen LogP contribution in [0.2, 0.25) is 0 Å². The van der Waals surface area contributed by atoms with Crippen LogP contribution < -0.4 is 11.1 Å². The fourth-order valence-corrected chi connectivity index (χ4v) is 4.27. The Balaban J connectivity index is 1.63. The normalized spacial score (nSPS) is 15.8. The lowest BCUT2D eigenvalue weighted by Crippen LogP contribution is -2.26. The Hall–Kier alpha value is -3.57. The van der Waals surface area contributed by atoms with Crippen LogP contribution in [0.1, 0.15) is 42.8 Å². The van der Waals surface area contributed by atoms with Gasteiger partial charge in [-0.05, 0) is 57.5 Å². The van der Waals surface area contributed by atoms with E-state index < -0.39 is 0 Å². The lowest BCUT2D eigenvalue weighted by Gasteiger charge is -2.18. The van der Waals surface area contributed by atoms with Gasteiger partial charge >= 0.3 is 0 Å². The van der Waals surface area contributed by atoms with Crippen molar-refractivity contribution in [3.8, 4) is 17.6 Å². The molecular weight excluding hydrogens is 402 g/mol. The summed E-state index contributed by atoms with van der Waals surface area (Å²) >= 11 is 0. The first kappa shape index (κ1) is 21.7. The van der Waals surface area contributed by atoms with Gasteiger partial charge in [0.25, 0.3) is 0 Å². The van der Waals surface area contributed by atoms with Crippen LogP contribution in [-0.2, 0) is 0 Å². The Bertz CT molecular complexity index is 1200. The summed E-state index contributed by atoms with van der Waals surface area (Å²) in [4.78, 5) is 5.07. The number of nitriles is 1. The molecule has 3 heterocycles. The molecule has 0 amide bonds. The van der Waals surface area contributed by atoms with Crippen LogP contribution in [0.4, 0.5) is 0 Å². The second-order valence-corrected chi connectivity index (χ2v) is 8.42. The van der Waals surface area contributed by atoms with Gasteiger partial charge in [-0.3, -0.25) is 0 Å². The third kappa shape index (κ3) is 4.39. The van der Waals surface area contributed by atoms with Crippen molar-refractivity contribution >= 4 is 16.5 Å². The van der Waals surface area contributed by atoms with Crippen LogP contribution in [0.3, 0.4) is 0 Å². The second kappa shape index (κ2) is 9.28. The van der Waals surface area contributed by atoms with Crippen LogP contribution >= 0.6 is 0 Å². The summed E-state index contributed by atoms with van der Waals surface area (Å²) in [5, 5.41) is 22.1. The zero-order valence-electron chi connectivity index (χ0n) is 18.8. The van der Waals surface area contributed by atoms with Gasteiger partial charge in [0.15, 0.2) is 6.19 Å². The van der Waals surface area contributed by atoms with E-state index in [2.05, 4.69) is 39.7 Å². The van der Waals surface area contributed by atoms with E-state index >= 15 is 0 Å². The molecule has 0 atom stereocenters. The molecule has 1 aliphatic rings. The van der Waals surface area contributed by atoms with Gasteiger partial charge in [-0.25, -0.2) is 0 Å². The Morgan fingerprint density at radius 3 is 2.84 bits per heavy atom. The van der Waals surface area contributed by atoms with Gasteiger partial charge in [-0.1, -0.05) is 17.7 Å². The third-order valence-corrected chi connectivity index (χ3v) is 5.96. The zero-order chi connectivity index (χ0) is 22.7.